The normalized spacial score (nSPS) is 21.0. The van der Waals surface area contributed by atoms with Gasteiger partial charge in [0.1, 0.15) is 0 Å². The molecule has 2 rings (SSSR count). The zero-order valence-corrected chi connectivity index (χ0v) is 10.1. The molecule has 88 valence electrons. The molecule has 0 spiro atoms. The first-order valence-corrected chi connectivity index (χ1v) is 5.78. The van der Waals surface area contributed by atoms with Gasteiger partial charge in [0.2, 0.25) is 0 Å². The van der Waals surface area contributed by atoms with E-state index in [9.17, 15) is 4.79 Å². The molecule has 0 fully saturated rings. The molecule has 1 aliphatic carbocycles. The van der Waals surface area contributed by atoms with Crippen molar-refractivity contribution in [2.45, 2.75) is 39.0 Å². The highest BCUT2D eigenvalue weighted by Gasteiger charge is 2.28. The Morgan fingerprint density at radius 2 is 2.12 bits per heavy atom. The van der Waals surface area contributed by atoms with Gasteiger partial charge in [-0.3, -0.25) is 4.79 Å². The van der Waals surface area contributed by atoms with Gasteiger partial charge in [-0.05, 0) is 18.4 Å². The summed E-state index contributed by atoms with van der Waals surface area (Å²) in [5.74, 6) is 0.249. The van der Waals surface area contributed by atoms with Crippen LogP contribution in [-0.4, -0.2) is 22.5 Å². The maximum Gasteiger partial charge on any atom is 0.165 e. The van der Waals surface area contributed by atoms with Crippen LogP contribution in [0.5, 0.6) is 0 Å². The van der Waals surface area contributed by atoms with Gasteiger partial charge < -0.3 is 10.1 Å². The molecule has 1 atom stereocenters. The quantitative estimate of drug-likeness (QED) is 0.762. The monoisotopic (exact) mass is 221 g/mol. The average Bonchev–Trinajstić information content (AvgIpc) is 2.61. The number of Topliss-reactive ketones (excluding diaryl/α,β-unsaturated/α-hetero) is 1. The first-order chi connectivity index (χ1) is 7.41. The molecular weight excluding hydrogens is 202 g/mol. The van der Waals surface area contributed by atoms with Crippen molar-refractivity contribution in [3.8, 4) is 0 Å². The van der Waals surface area contributed by atoms with Gasteiger partial charge >= 0.3 is 0 Å². The van der Waals surface area contributed by atoms with Gasteiger partial charge in [0.25, 0.3) is 0 Å². The molecule has 0 aliphatic heterocycles. The minimum atomic E-state index is 0.0341. The first-order valence-electron chi connectivity index (χ1n) is 5.78. The van der Waals surface area contributed by atoms with Crippen molar-refractivity contribution in [2.75, 3.05) is 6.61 Å². The van der Waals surface area contributed by atoms with Crippen LogP contribution >= 0.6 is 0 Å². The Kier molecular flexibility index (Phi) is 2.66. The predicted molar refractivity (Wildman–Crippen MR) is 62.7 cm³/mol. The zero-order chi connectivity index (χ0) is 11.9. The maximum absolute atomic E-state index is 11.9. The van der Waals surface area contributed by atoms with Crippen molar-refractivity contribution in [1.82, 2.24) is 4.98 Å². The molecule has 0 aromatic carbocycles. The number of aromatic amines is 1. The lowest BCUT2D eigenvalue weighted by molar-refractivity contribution is 0.0918. The Hall–Kier alpha value is -1.09. The molecule has 1 unspecified atom stereocenters. The molecule has 1 aliphatic rings. The van der Waals surface area contributed by atoms with Crippen molar-refractivity contribution >= 4 is 5.78 Å². The van der Waals surface area contributed by atoms with Crippen LogP contribution in [0.4, 0.5) is 0 Å². The number of aliphatic hydroxyl groups is 1. The number of aliphatic hydroxyl groups excluding tert-OH is 1. The molecule has 0 bridgehead atoms. The number of rotatable bonds is 1. The van der Waals surface area contributed by atoms with Crippen LogP contribution in [0.2, 0.25) is 0 Å². The standard InChI is InChI=1S/C13H19NO2/c1-13(2,3)12-6-9-10(14-12)4-8(7-15)5-11(9)16/h6,8,14-15H,4-5,7H2,1-3H3. The second-order valence-electron chi connectivity index (χ2n) is 5.71. The van der Waals surface area contributed by atoms with E-state index in [-0.39, 0.29) is 23.7 Å². The predicted octanol–water partition coefficient (Wildman–Crippen LogP) is 2.05. The number of hydrogen-bond acceptors (Lipinski definition) is 2. The molecule has 3 nitrogen and oxygen atoms in total. The van der Waals surface area contributed by atoms with Gasteiger partial charge in [-0.1, -0.05) is 20.8 Å². The molecule has 0 saturated heterocycles. The van der Waals surface area contributed by atoms with Crippen LogP contribution in [0, 0.1) is 5.92 Å². The Labute approximate surface area is 95.9 Å². The number of fused-ring (bicyclic) bond motifs is 1. The highest BCUT2D eigenvalue weighted by atomic mass is 16.3. The second-order valence-corrected chi connectivity index (χ2v) is 5.71. The van der Waals surface area contributed by atoms with Crippen LogP contribution < -0.4 is 0 Å². The van der Waals surface area contributed by atoms with Crippen molar-refractivity contribution in [3.05, 3.63) is 23.0 Å². The molecule has 2 N–H and O–H groups in total. The fourth-order valence-corrected chi connectivity index (χ4v) is 2.17. The van der Waals surface area contributed by atoms with Crippen molar-refractivity contribution < 1.29 is 9.90 Å². The fourth-order valence-electron chi connectivity index (χ4n) is 2.17. The van der Waals surface area contributed by atoms with Crippen molar-refractivity contribution in [2.24, 2.45) is 5.92 Å². The summed E-state index contributed by atoms with van der Waals surface area (Å²) >= 11 is 0. The number of H-pyrrole nitrogens is 1. The number of nitrogens with one attached hydrogen (secondary N) is 1. The Morgan fingerprint density at radius 1 is 1.44 bits per heavy atom. The minimum absolute atomic E-state index is 0.0341. The summed E-state index contributed by atoms with van der Waals surface area (Å²) in [4.78, 5) is 15.2. The molecule has 0 radical (unpaired) electrons. The molecule has 1 heterocycles. The molecule has 3 heteroatoms. The SMILES string of the molecule is CC(C)(C)c1cc2c([nH]1)CC(CO)CC2=O. The Morgan fingerprint density at radius 3 is 2.69 bits per heavy atom. The van der Waals surface area contributed by atoms with E-state index in [1.807, 2.05) is 6.07 Å². The number of aromatic nitrogens is 1. The van der Waals surface area contributed by atoms with E-state index in [4.69, 9.17) is 5.11 Å². The smallest absolute Gasteiger partial charge is 0.165 e. The largest absolute Gasteiger partial charge is 0.396 e. The van der Waals surface area contributed by atoms with Gasteiger partial charge in [-0.15, -0.1) is 0 Å². The summed E-state index contributed by atoms with van der Waals surface area (Å²) in [6.07, 6.45) is 1.26. The lowest BCUT2D eigenvalue weighted by Gasteiger charge is -2.18. The third-order valence-corrected chi connectivity index (χ3v) is 3.23. The summed E-state index contributed by atoms with van der Waals surface area (Å²) in [6, 6.07) is 1.98. The van der Waals surface area contributed by atoms with E-state index in [1.54, 1.807) is 0 Å². The molecule has 1 aromatic rings. The van der Waals surface area contributed by atoms with E-state index >= 15 is 0 Å². The second kappa shape index (κ2) is 3.74. The molecule has 16 heavy (non-hydrogen) atoms. The van der Waals surface area contributed by atoms with E-state index in [0.29, 0.717) is 6.42 Å². The van der Waals surface area contributed by atoms with E-state index in [2.05, 4.69) is 25.8 Å². The number of carbonyl (C=O) groups is 1. The van der Waals surface area contributed by atoms with E-state index in [1.165, 1.54) is 0 Å². The number of hydrogen-bond donors (Lipinski definition) is 2. The van der Waals surface area contributed by atoms with Crippen LogP contribution in [0.1, 0.15) is 48.9 Å². The summed E-state index contributed by atoms with van der Waals surface area (Å²) in [5, 5.41) is 9.13. The Bertz CT molecular complexity index is 412. The summed E-state index contributed by atoms with van der Waals surface area (Å²) in [6.45, 7) is 6.46. The van der Waals surface area contributed by atoms with Gasteiger partial charge in [0.05, 0.1) is 0 Å². The average molecular weight is 221 g/mol. The van der Waals surface area contributed by atoms with E-state index < -0.39 is 0 Å². The van der Waals surface area contributed by atoms with Gasteiger partial charge in [0.15, 0.2) is 5.78 Å². The highest BCUT2D eigenvalue weighted by molar-refractivity contribution is 5.98. The fraction of sp³-hybridized carbons (Fsp3) is 0.615. The Balaban J connectivity index is 2.38. The van der Waals surface area contributed by atoms with Gasteiger partial charge in [0, 0.05) is 35.4 Å². The first kappa shape index (κ1) is 11.4. The van der Waals surface area contributed by atoms with Crippen molar-refractivity contribution in [1.29, 1.82) is 0 Å². The van der Waals surface area contributed by atoms with Gasteiger partial charge in [-0.2, -0.15) is 0 Å². The van der Waals surface area contributed by atoms with Crippen LogP contribution in [0.15, 0.2) is 6.07 Å². The lowest BCUT2D eigenvalue weighted by Crippen LogP contribution is -2.21. The van der Waals surface area contributed by atoms with Crippen molar-refractivity contribution in [3.63, 3.8) is 0 Å². The number of ketones is 1. The topological polar surface area (TPSA) is 53.1 Å². The third kappa shape index (κ3) is 1.92. The summed E-state index contributed by atoms with van der Waals surface area (Å²) < 4.78 is 0. The summed E-state index contributed by atoms with van der Waals surface area (Å²) in [5.41, 5.74) is 2.96. The molecule has 0 saturated carbocycles. The maximum atomic E-state index is 11.9. The van der Waals surface area contributed by atoms with Crippen LogP contribution in [0.3, 0.4) is 0 Å². The molecule has 1 aromatic heterocycles. The minimum Gasteiger partial charge on any atom is -0.396 e. The third-order valence-electron chi connectivity index (χ3n) is 3.23. The van der Waals surface area contributed by atoms with Crippen LogP contribution in [-0.2, 0) is 11.8 Å². The highest BCUT2D eigenvalue weighted by Crippen LogP contribution is 2.30. The number of carbonyl (C=O) groups excluding carboxylic acids is 1. The van der Waals surface area contributed by atoms with Gasteiger partial charge in [-0.25, -0.2) is 0 Å². The van der Waals surface area contributed by atoms with Crippen LogP contribution in [0.25, 0.3) is 0 Å². The molecular formula is C13H19NO2. The zero-order valence-electron chi connectivity index (χ0n) is 10.1. The molecule has 0 amide bonds. The van der Waals surface area contributed by atoms with E-state index in [0.717, 1.165) is 23.4 Å². The lowest BCUT2D eigenvalue weighted by atomic mass is 9.87. The summed E-state index contributed by atoms with van der Waals surface area (Å²) in [7, 11) is 0.